The largest absolute Gasteiger partial charge is 0.388 e. The molecule has 1 aromatic heterocycles. The average molecular weight is 286 g/mol. The molecular weight excluding hydrogens is 268 g/mol. The van der Waals surface area contributed by atoms with Gasteiger partial charge in [-0.1, -0.05) is 12.1 Å². The molecule has 5 heteroatoms. The number of fused-ring (bicyclic) bond motifs is 1. The number of nitro benzene ring substituents is 1. The number of aromatic nitrogens is 1. The highest BCUT2D eigenvalue weighted by Gasteiger charge is 2.23. The fourth-order valence-electron chi connectivity index (χ4n) is 3.11. The highest BCUT2D eigenvalue weighted by atomic mass is 16.6. The Labute approximate surface area is 123 Å². The van der Waals surface area contributed by atoms with E-state index in [4.69, 9.17) is 0 Å². The quantitative estimate of drug-likeness (QED) is 0.696. The Morgan fingerprint density at radius 3 is 3.00 bits per heavy atom. The Hall–Kier alpha value is -2.14. The normalized spacial score (nSPS) is 17.5. The van der Waals surface area contributed by atoms with Crippen LogP contribution in [0.1, 0.15) is 41.5 Å². The van der Waals surface area contributed by atoms with E-state index in [1.54, 1.807) is 12.1 Å². The SMILES string of the molecule is Cc1cc2c(n1Cc1cccc([N+](=O)[O-])c1)CCCC2O. The average Bonchev–Trinajstić information content (AvgIpc) is 2.78. The summed E-state index contributed by atoms with van der Waals surface area (Å²) in [5.41, 5.74) is 4.30. The summed E-state index contributed by atoms with van der Waals surface area (Å²) in [7, 11) is 0. The van der Waals surface area contributed by atoms with E-state index in [0.717, 1.165) is 41.8 Å². The van der Waals surface area contributed by atoms with Crippen molar-refractivity contribution in [2.75, 3.05) is 0 Å². The molecule has 1 N–H and O–H groups in total. The Bertz CT molecular complexity index is 691. The van der Waals surface area contributed by atoms with Crippen LogP contribution in [0.3, 0.4) is 0 Å². The molecule has 1 atom stereocenters. The van der Waals surface area contributed by atoms with Crippen LogP contribution in [0.15, 0.2) is 30.3 Å². The molecule has 0 saturated carbocycles. The molecule has 0 spiro atoms. The minimum atomic E-state index is -0.376. The van der Waals surface area contributed by atoms with E-state index in [-0.39, 0.29) is 16.7 Å². The van der Waals surface area contributed by atoms with Crippen LogP contribution in [0.4, 0.5) is 5.69 Å². The van der Waals surface area contributed by atoms with Crippen molar-refractivity contribution in [3.8, 4) is 0 Å². The summed E-state index contributed by atoms with van der Waals surface area (Å²) in [6.07, 6.45) is 2.37. The van der Waals surface area contributed by atoms with Gasteiger partial charge in [0.15, 0.2) is 0 Å². The van der Waals surface area contributed by atoms with Crippen LogP contribution in [-0.2, 0) is 13.0 Å². The zero-order chi connectivity index (χ0) is 15.0. The minimum absolute atomic E-state index is 0.117. The van der Waals surface area contributed by atoms with Gasteiger partial charge >= 0.3 is 0 Å². The lowest BCUT2D eigenvalue weighted by Crippen LogP contribution is -2.13. The number of nitro groups is 1. The van der Waals surface area contributed by atoms with Crippen molar-refractivity contribution in [3.63, 3.8) is 0 Å². The van der Waals surface area contributed by atoms with Crippen molar-refractivity contribution >= 4 is 5.69 Å². The lowest BCUT2D eigenvalue weighted by atomic mass is 9.95. The van der Waals surface area contributed by atoms with Crippen LogP contribution in [0.25, 0.3) is 0 Å². The van der Waals surface area contributed by atoms with E-state index >= 15 is 0 Å². The third kappa shape index (κ3) is 2.56. The number of non-ortho nitro benzene ring substituents is 1. The van der Waals surface area contributed by atoms with Gasteiger partial charge in [0, 0.05) is 35.6 Å². The fraction of sp³-hybridized carbons (Fsp3) is 0.375. The van der Waals surface area contributed by atoms with Crippen molar-refractivity contribution in [1.82, 2.24) is 4.57 Å². The second-order valence-corrected chi connectivity index (χ2v) is 5.61. The first-order valence-electron chi connectivity index (χ1n) is 7.16. The van der Waals surface area contributed by atoms with E-state index in [2.05, 4.69) is 4.57 Å². The van der Waals surface area contributed by atoms with Crippen molar-refractivity contribution in [1.29, 1.82) is 0 Å². The molecule has 2 aromatic rings. The first-order valence-corrected chi connectivity index (χ1v) is 7.16. The molecule has 1 aliphatic carbocycles. The Morgan fingerprint density at radius 2 is 2.24 bits per heavy atom. The van der Waals surface area contributed by atoms with Gasteiger partial charge in [0.2, 0.25) is 0 Å². The maximum atomic E-state index is 10.9. The summed E-state index contributed by atoms with van der Waals surface area (Å²) in [5.74, 6) is 0. The predicted molar refractivity (Wildman–Crippen MR) is 79.3 cm³/mol. The van der Waals surface area contributed by atoms with Crippen molar-refractivity contribution in [2.45, 2.75) is 38.8 Å². The molecule has 5 nitrogen and oxygen atoms in total. The van der Waals surface area contributed by atoms with Crippen LogP contribution >= 0.6 is 0 Å². The van der Waals surface area contributed by atoms with Crippen molar-refractivity contribution in [3.05, 3.63) is 63.0 Å². The van der Waals surface area contributed by atoms with Crippen LogP contribution in [0.5, 0.6) is 0 Å². The molecule has 0 bridgehead atoms. The van der Waals surface area contributed by atoms with E-state index in [0.29, 0.717) is 6.54 Å². The smallest absolute Gasteiger partial charge is 0.269 e. The van der Waals surface area contributed by atoms with Gasteiger partial charge in [-0.2, -0.15) is 0 Å². The molecule has 1 aromatic carbocycles. The minimum Gasteiger partial charge on any atom is -0.388 e. The first kappa shape index (κ1) is 13.8. The standard InChI is InChI=1S/C16H18N2O3/c1-11-8-14-15(6-3-7-16(14)19)17(11)10-12-4-2-5-13(9-12)18(20)21/h2,4-5,8-9,16,19H,3,6-7,10H2,1H3. The summed E-state index contributed by atoms with van der Waals surface area (Å²) >= 11 is 0. The molecule has 0 fully saturated rings. The highest BCUT2D eigenvalue weighted by molar-refractivity contribution is 5.37. The number of hydrogen-bond donors (Lipinski definition) is 1. The Morgan fingerprint density at radius 1 is 1.43 bits per heavy atom. The summed E-state index contributed by atoms with van der Waals surface area (Å²) in [6.45, 7) is 2.62. The molecule has 1 heterocycles. The number of aliphatic hydroxyl groups excluding tert-OH is 1. The van der Waals surface area contributed by atoms with E-state index in [1.165, 1.54) is 6.07 Å². The van der Waals surface area contributed by atoms with Crippen LogP contribution in [0.2, 0.25) is 0 Å². The van der Waals surface area contributed by atoms with Gasteiger partial charge in [0.1, 0.15) is 0 Å². The molecule has 1 aliphatic rings. The molecule has 3 rings (SSSR count). The van der Waals surface area contributed by atoms with Gasteiger partial charge in [-0.05, 0) is 37.8 Å². The van der Waals surface area contributed by atoms with Gasteiger partial charge in [-0.15, -0.1) is 0 Å². The molecule has 0 aliphatic heterocycles. The molecule has 110 valence electrons. The fourth-order valence-corrected chi connectivity index (χ4v) is 3.11. The molecule has 0 amide bonds. The van der Waals surface area contributed by atoms with Crippen molar-refractivity contribution < 1.29 is 10.0 Å². The zero-order valence-corrected chi connectivity index (χ0v) is 12.0. The van der Waals surface area contributed by atoms with E-state index < -0.39 is 0 Å². The van der Waals surface area contributed by atoms with Crippen LogP contribution in [-0.4, -0.2) is 14.6 Å². The number of nitrogens with zero attached hydrogens (tertiary/aromatic N) is 2. The lowest BCUT2D eigenvalue weighted by Gasteiger charge is -2.20. The van der Waals surface area contributed by atoms with Gasteiger partial charge in [-0.25, -0.2) is 0 Å². The third-order valence-corrected chi connectivity index (χ3v) is 4.16. The third-order valence-electron chi connectivity index (χ3n) is 4.16. The Kier molecular flexibility index (Phi) is 3.51. The van der Waals surface area contributed by atoms with Gasteiger partial charge < -0.3 is 9.67 Å². The maximum absolute atomic E-state index is 10.9. The second-order valence-electron chi connectivity index (χ2n) is 5.61. The zero-order valence-electron chi connectivity index (χ0n) is 12.0. The van der Waals surface area contributed by atoms with Crippen LogP contribution < -0.4 is 0 Å². The molecular formula is C16H18N2O3. The molecule has 21 heavy (non-hydrogen) atoms. The second kappa shape index (κ2) is 5.33. The molecule has 0 saturated heterocycles. The van der Waals surface area contributed by atoms with Crippen molar-refractivity contribution in [2.24, 2.45) is 0 Å². The predicted octanol–water partition coefficient (Wildman–Crippen LogP) is 3.12. The highest BCUT2D eigenvalue weighted by Crippen LogP contribution is 2.32. The Balaban J connectivity index is 1.95. The number of aliphatic hydroxyl groups is 1. The van der Waals surface area contributed by atoms with Crippen LogP contribution in [0, 0.1) is 17.0 Å². The van der Waals surface area contributed by atoms with E-state index in [9.17, 15) is 15.2 Å². The number of aryl methyl sites for hydroxylation is 1. The summed E-state index contributed by atoms with van der Waals surface area (Å²) in [6, 6.07) is 8.78. The van der Waals surface area contributed by atoms with E-state index in [1.807, 2.05) is 19.1 Å². The lowest BCUT2D eigenvalue weighted by molar-refractivity contribution is -0.384. The molecule has 1 unspecified atom stereocenters. The van der Waals surface area contributed by atoms with Gasteiger partial charge in [0.25, 0.3) is 5.69 Å². The topological polar surface area (TPSA) is 68.3 Å². The van der Waals surface area contributed by atoms with Gasteiger partial charge in [0.05, 0.1) is 11.0 Å². The van der Waals surface area contributed by atoms with Gasteiger partial charge in [-0.3, -0.25) is 10.1 Å². The number of benzene rings is 1. The number of hydrogen-bond acceptors (Lipinski definition) is 3. The summed E-state index contributed by atoms with van der Waals surface area (Å²) in [5, 5.41) is 20.9. The summed E-state index contributed by atoms with van der Waals surface area (Å²) < 4.78 is 2.16. The summed E-state index contributed by atoms with van der Waals surface area (Å²) in [4.78, 5) is 10.5. The first-order chi connectivity index (χ1) is 10.1. The maximum Gasteiger partial charge on any atom is 0.269 e. The monoisotopic (exact) mass is 286 g/mol. The molecule has 0 radical (unpaired) electrons. The number of rotatable bonds is 3.